The van der Waals surface area contributed by atoms with Gasteiger partial charge in [-0.2, -0.15) is 0 Å². The van der Waals surface area contributed by atoms with Crippen LogP contribution < -0.4 is 0 Å². The van der Waals surface area contributed by atoms with Gasteiger partial charge in [0, 0.05) is 25.8 Å². The Kier molecular flexibility index (Phi) is 10.8. The Morgan fingerprint density at radius 3 is 2.75 bits per heavy atom. The number of unbranched alkanes of at least 4 members (excludes halogenated alkanes) is 3. The second-order valence-corrected chi connectivity index (χ2v) is 6.91. The van der Waals surface area contributed by atoms with Crippen LogP contribution in [0.1, 0.15) is 64.7 Å². The summed E-state index contributed by atoms with van der Waals surface area (Å²) in [5, 5.41) is 9.78. The number of aliphatic hydroxyl groups is 1. The van der Waals surface area contributed by atoms with Gasteiger partial charge in [0.05, 0.1) is 19.6 Å². The van der Waals surface area contributed by atoms with E-state index in [0.29, 0.717) is 32.2 Å². The molecule has 0 aliphatic carbocycles. The van der Waals surface area contributed by atoms with E-state index in [1.54, 1.807) is 11.8 Å². The predicted molar refractivity (Wildman–Crippen MR) is 103 cm³/mol. The first-order valence-corrected chi connectivity index (χ1v) is 9.88. The Balaban J connectivity index is 2.45. The molecule has 1 aliphatic heterocycles. The van der Waals surface area contributed by atoms with Crippen LogP contribution in [-0.4, -0.2) is 53.6 Å². The number of carbonyl (C=O) groups is 2. The number of hydrogen-bond acceptors (Lipinski definition) is 4. The van der Waals surface area contributed by atoms with Crippen LogP contribution in [0.2, 0.25) is 0 Å². The molecule has 1 aliphatic rings. The Morgan fingerprint density at radius 2 is 2.07 bits per heavy atom. The van der Waals surface area contributed by atoms with Crippen LogP contribution >= 0.6 is 0 Å². The molecular formula is C21H31F2NO4. The van der Waals surface area contributed by atoms with Gasteiger partial charge in [-0.25, -0.2) is 8.78 Å². The van der Waals surface area contributed by atoms with E-state index in [1.807, 2.05) is 0 Å². The van der Waals surface area contributed by atoms with E-state index < -0.39 is 18.4 Å². The van der Waals surface area contributed by atoms with Crippen molar-refractivity contribution < 1.29 is 28.2 Å². The van der Waals surface area contributed by atoms with Gasteiger partial charge in [0.15, 0.2) is 0 Å². The molecule has 7 heteroatoms. The molecule has 0 saturated carbocycles. The summed E-state index contributed by atoms with van der Waals surface area (Å²) < 4.78 is 32.3. The molecule has 1 rings (SSSR count). The van der Waals surface area contributed by atoms with Crippen molar-refractivity contribution in [2.45, 2.75) is 82.8 Å². The molecule has 0 aromatic rings. The Morgan fingerprint density at radius 1 is 1.36 bits per heavy atom. The van der Waals surface area contributed by atoms with E-state index in [-0.39, 0.29) is 17.9 Å². The van der Waals surface area contributed by atoms with Crippen molar-refractivity contribution in [3.8, 4) is 11.8 Å². The molecule has 1 fully saturated rings. The summed E-state index contributed by atoms with van der Waals surface area (Å²) in [6, 6.07) is -0.269. The highest BCUT2D eigenvalue weighted by Gasteiger charge is 2.36. The van der Waals surface area contributed by atoms with Crippen molar-refractivity contribution in [1.29, 1.82) is 0 Å². The zero-order chi connectivity index (χ0) is 21.0. The van der Waals surface area contributed by atoms with Gasteiger partial charge in [-0.3, -0.25) is 9.59 Å². The predicted octanol–water partition coefficient (Wildman–Crippen LogP) is 3.46. The molecule has 0 aromatic heterocycles. The highest BCUT2D eigenvalue weighted by atomic mass is 19.3. The Labute approximate surface area is 166 Å². The summed E-state index contributed by atoms with van der Waals surface area (Å²) in [5.74, 6) is 1.40. The monoisotopic (exact) mass is 399 g/mol. The van der Waals surface area contributed by atoms with Gasteiger partial charge in [-0.15, -0.1) is 5.92 Å². The highest BCUT2D eigenvalue weighted by Crippen LogP contribution is 2.26. The first kappa shape index (κ1) is 24.1. The number of esters is 1. The molecule has 2 atom stereocenters. The van der Waals surface area contributed by atoms with Gasteiger partial charge in [0.2, 0.25) is 5.91 Å². The molecule has 28 heavy (non-hydrogen) atoms. The van der Waals surface area contributed by atoms with Gasteiger partial charge in [-0.05, 0) is 19.3 Å². The lowest BCUT2D eigenvalue weighted by Gasteiger charge is -2.23. The van der Waals surface area contributed by atoms with Crippen molar-refractivity contribution in [2.24, 2.45) is 0 Å². The molecule has 1 N–H and O–H groups in total. The first-order chi connectivity index (χ1) is 13.3. The second-order valence-electron chi connectivity index (χ2n) is 6.91. The number of methoxy groups -OCH3 is 1. The first-order valence-electron chi connectivity index (χ1n) is 9.88. The SMILES string of the molecule is CCC#CCC(F)(F)C(O)/C=C/[C@H]1CCC(=O)N1CCCCCCC(=O)OC. The third-order valence-corrected chi connectivity index (χ3v) is 4.71. The number of ether oxygens (including phenoxy) is 1. The summed E-state index contributed by atoms with van der Waals surface area (Å²) in [4.78, 5) is 24.8. The number of carbonyl (C=O) groups excluding carboxylic acids is 2. The van der Waals surface area contributed by atoms with Crippen LogP contribution in [0, 0.1) is 11.8 Å². The van der Waals surface area contributed by atoms with Crippen LogP contribution in [-0.2, 0) is 14.3 Å². The molecule has 5 nitrogen and oxygen atoms in total. The number of aliphatic hydroxyl groups excluding tert-OH is 1. The average Bonchev–Trinajstić information content (AvgIpc) is 3.02. The molecule has 158 valence electrons. The van der Waals surface area contributed by atoms with Gasteiger partial charge >= 0.3 is 5.97 Å². The maximum absolute atomic E-state index is 13.9. The Bertz CT molecular complexity index is 595. The minimum atomic E-state index is -3.31. The Hall–Kier alpha value is -1.94. The quantitative estimate of drug-likeness (QED) is 0.250. The largest absolute Gasteiger partial charge is 0.469 e. The summed E-state index contributed by atoms with van der Waals surface area (Å²) in [7, 11) is 1.36. The highest BCUT2D eigenvalue weighted by molar-refractivity contribution is 5.79. The number of rotatable bonds is 11. The second kappa shape index (κ2) is 12.5. The molecule has 1 heterocycles. The molecule has 0 aromatic carbocycles. The molecule has 1 saturated heterocycles. The minimum Gasteiger partial charge on any atom is -0.469 e. The van der Waals surface area contributed by atoms with E-state index in [9.17, 15) is 23.5 Å². The third kappa shape index (κ3) is 8.39. The lowest BCUT2D eigenvalue weighted by molar-refractivity contribution is -0.140. The fourth-order valence-corrected chi connectivity index (χ4v) is 3.04. The van der Waals surface area contributed by atoms with Crippen molar-refractivity contribution in [1.82, 2.24) is 4.90 Å². The third-order valence-electron chi connectivity index (χ3n) is 4.71. The van der Waals surface area contributed by atoms with E-state index in [1.165, 1.54) is 13.2 Å². The maximum Gasteiger partial charge on any atom is 0.305 e. The van der Waals surface area contributed by atoms with Crippen LogP contribution in [0.15, 0.2) is 12.2 Å². The lowest BCUT2D eigenvalue weighted by atomic mass is 10.1. The zero-order valence-electron chi connectivity index (χ0n) is 16.8. The number of likely N-dealkylation sites (tertiary alicyclic amines) is 1. The number of amides is 1. The van der Waals surface area contributed by atoms with E-state index in [4.69, 9.17) is 0 Å². The molecular weight excluding hydrogens is 368 g/mol. The number of nitrogens with zero attached hydrogens (tertiary/aromatic N) is 1. The summed E-state index contributed by atoms with van der Waals surface area (Å²) >= 11 is 0. The van der Waals surface area contributed by atoms with Crippen molar-refractivity contribution in [3.05, 3.63) is 12.2 Å². The maximum atomic E-state index is 13.9. The van der Waals surface area contributed by atoms with Crippen molar-refractivity contribution in [2.75, 3.05) is 13.7 Å². The van der Waals surface area contributed by atoms with Crippen LogP contribution in [0.25, 0.3) is 0 Å². The summed E-state index contributed by atoms with van der Waals surface area (Å²) in [6.45, 7) is 2.31. The lowest BCUT2D eigenvalue weighted by Crippen LogP contribution is -2.34. The number of hydrogen-bond donors (Lipinski definition) is 1. The fraction of sp³-hybridized carbons (Fsp3) is 0.714. The van der Waals surface area contributed by atoms with Crippen LogP contribution in [0.5, 0.6) is 0 Å². The van der Waals surface area contributed by atoms with Crippen molar-refractivity contribution >= 4 is 11.9 Å². The van der Waals surface area contributed by atoms with Crippen LogP contribution in [0.3, 0.4) is 0 Å². The van der Waals surface area contributed by atoms with Gasteiger partial charge in [0.1, 0.15) is 6.10 Å². The molecule has 0 radical (unpaired) electrons. The normalized spacial score (nSPS) is 18.2. The average molecular weight is 399 g/mol. The number of halogens is 2. The van der Waals surface area contributed by atoms with E-state index in [2.05, 4.69) is 16.6 Å². The fourth-order valence-electron chi connectivity index (χ4n) is 3.04. The topological polar surface area (TPSA) is 66.8 Å². The van der Waals surface area contributed by atoms with Gasteiger partial charge < -0.3 is 14.7 Å². The standard InChI is InChI=1S/C21H31F2NO4/c1-3-4-8-15-21(22,23)18(25)13-11-17-12-14-19(26)24(17)16-9-6-5-7-10-20(27)28-2/h11,13,17-18,25H,3,5-7,9-10,12,14-16H2,1-2H3/b13-11+/t17-,18?/m0/s1. The summed E-state index contributed by atoms with van der Waals surface area (Å²) in [5.41, 5.74) is 0. The number of alkyl halides is 2. The zero-order valence-corrected chi connectivity index (χ0v) is 16.8. The molecule has 0 spiro atoms. The molecule has 1 amide bonds. The van der Waals surface area contributed by atoms with E-state index in [0.717, 1.165) is 31.8 Å². The van der Waals surface area contributed by atoms with E-state index >= 15 is 0 Å². The van der Waals surface area contributed by atoms with Gasteiger partial charge in [0.25, 0.3) is 5.92 Å². The smallest absolute Gasteiger partial charge is 0.305 e. The summed E-state index contributed by atoms with van der Waals surface area (Å²) in [6.07, 6.45) is 5.05. The van der Waals surface area contributed by atoms with Gasteiger partial charge in [-0.1, -0.05) is 37.8 Å². The molecule has 0 bridgehead atoms. The van der Waals surface area contributed by atoms with Crippen LogP contribution in [0.4, 0.5) is 8.78 Å². The van der Waals surface area contributed by atoms with Crippen molar-refractivity contribution in [3.63, 3.8) is 0 Å². The molecule has 1 unspecified atom stereocenters. The minimum absolute atomic E-state index is 0.000673.